The second kappa shape index (κ2) is 5.30. The van der Waals surface area contributed by atoms with Crippen molar-refractivity contribution in [3.63, 3.8) is 0 Å². The van der Waals surface area contributed by atoms with Crippen molar-refractivity contribution in [2.75, 3.05) is 5.32 Å². The molecule has 1 aromatic rings. The molecule has 1 atom stereocenters. The summed E-state index contributed by atoms with van der Waals surface area (Å²) in [5.41, 5.74) is 0.855. The van der Waals surface area contributed by atoms with Crippen LogP contribution in [0.5, 0.6) is 0 Å². The molecule has 2 nitrogen and oxygen atoms in total. The lowest BCUT2D eigenvalue weighted by molar-refractivity contribution is -0.120. The van der Waals surface area contributed by atoms with E-state index in [0.717, 1.165) is 29.4 Å². The molecule has 3 heteroatoms. The Morgan fingerprint density at radius 3 is 2.94 bits per heavy atom. The molecule has 0 fully saturated rings. The van der Waals surface area contributed by atoms with E-state index in [-0.39, 0.29) is 11.8 Å². The molecule has 0 radical (unpaired) electrons. The zero-order valence-electron chi connectivity index (χ0n) is 8.95. The molecule has 0 spiro atoms. The van der Waals surface area contributed by atoms with Gasteiger partial charge in [0, 0.05) is 16.1 Å². The Morgan fingerprint density at radius 2 is 2.25 bits per heavy atom. The maximum absolute atomic E-state index is 11.9. The highest BCUT2D eigenvalue weighted by atomic mass is 79.9. The van der Waals surface area contributed by atoms with Crippen LogP contribution in [0.1, 0.15) is 19.3 Å². The van der Waals surface area contributed by atoms with Crippen LogP contribution in [0, 0.1) is 5.92 Å². The second-order valence-electron chi connectivity index (χ2n) is 3.98. The molecule has 1 aliphatic rings. The molecule has 0 heterocycles. The normalized spacial score (nSPS) is 19.4. The number of benzene rings is 1. The lowest BCUT2D eigenvalue weighted by atomic mass is 9.93. The van der Waals surface area contributed by atoms with Crippen LogP contribution in [0.2, 0.25) is 0 Å². The molecule has 1 aliphatic carbocycles. The van der Waals surface area contributed by atoms with Gasteiger partial charge in [-0.25, -0.2) is 0 Å². The number of hydrogen-bond donors (Lipinski definition) is 1. The monoisotopic (exact) mass is 279 g/mol. The Kier molecular flexibility index (Phi) is 3.78. The number of anilines is 1. The number of hydrogen-bond acceptors (Lipinski definition) is 1. The fraction of sp³-hybridized carbons (Fsp3) is 0.308. The fourth-order valence-corrected chi connectivity index (χ4v) is 2.24. The quantitative estimate of drug-likeness (QED) is 0.821. The summed E-state index contributed by atoms with van der Waals surface area (Å²) < 4.78 is 0.980. The maximum atomic E-state index is 11.9. The Hall–Kier alpha value is -1.09. The number of carbonyl (C=O) groups excluding carboxylic acids is 1. The van der Waals surface area contributed by atoms with Gasteiger partial charge in [0.15, 0.2) is 0 Å². The molecule has 0 bridgehead atoms. The maximum Gasteiger partial charge on any atom is 0.227 e. The zero-order valence-corrected chi connectivity index (χ0v) is 10.5. The lowest BCUT2D eigenvalue weighted by Gasteiger charge is -2.17. The van der Waals surface area contributed by atoms with Crippen LogP contribution in [0.15, 0.2) is 40.9 Å². The predicted octanol–water partition coefficient (Wildman–Crippen LogP) is 3.74. The summed E-state index contributed by atoms with van der Waals surface area (Å²) in [5.74, 6) is 0.256. The first-order valence-electron chi connectivity index (χ1n) is 5.47. The Balaban J connectivity index is 1.99. The third kappa shape index (κ3) is 2.95. The van der Waals surface area contributed by atoms with E-state index in [1.807, 2.05) is 24.3 Å². The van der Waals surface area contributed by atoms with Gasteiger partial charge < -0.3 is 5.32 Å². The van der Waals surface area contributed by atoms with E-state index in [1.54, 1.807) is 0 Å². The van der Waals surface area contributed by atoms with Crippen molar-refractivity contribution in [2.24, 2.45) is 5.92 Å². The van der Waals surface area contributed by atoms with Gasteiger partial charge >= 0.3 is 0 Å². The standard InChI is InChI=1S/C13H14BrNO/c14-11-7-4-8-12(9-11)15-13(16)10-5-2-1-3-6-10/h1-2,4,7-10H,3,5-6H2,(H,15,16)/t10-/m0/s1. The SMILES string of the molecule is O=C(Nc1cccc(Br)c1)[C@H]1CC=CCC1. The van der Waals surface area contributed by atoms with Gasteiger partial charge in [-0.3, -0.25) is 4.79 Å². The predicted molar refractivity (Wildman–Crippen MR) is 69.3 cm³/mol. The van der Waals surface area contributed by atoms with Gasteiger partial charge in [-0.05, 0) is 37.5 Å². The molecule has 0 saturated heterocycles. The van der Waals surface area contributed by atoms with Gasteiger partial charge in [-0.2, -0.15) is 0 Å². The third-order valence-corrected chi connectivity index (χ3v) is 3.23. The molecule has 1 amide bonds. The number of rotatable bonds is 2. The van der Waals surface area contributed by atoms with Crippen molar-refractivity contribution in [3.05, 3.63) is 40.9 Å². The minimum atomic E-state index is 0.127. The van der Waals surface area contributed by atoms with Crippen LogP contribution < -0.4 is 5.32 Å². The Bertz CT molecular complexity index is 414. The van der Waals surface area contributed by atoms with E-state index in [4.69, 9.17) is 0 Å². The minimum Gasteiger partial charge on any atom is -0.326 e. The summed E-state index contributed by atoms with van der Waals surface area (Å²) in [6.07, 6.45) is 7.06. The number of amides is 1. The number of allylic oxidation sites excluding steroid dienone is 2. The van der Waals surface area contributed by atoms with Crippen LogP contribution in [0.3, 0.4) is 0 Å². The van der Waals surface area contributed by atoms with Gasteiger partial charge in [-0.15, -0.1) is 0 Å². The van der Waals surface area contributed by atoms with E-state index >= 15 is 0 Å². The van der Waals surface area contributed by atoms with Crippen molar-refractivity contribution in [3.8, 4) is 0 Å². The minimum absolute atomic E-state index is 0.127. The zero-order chi connectivity index (χ0) is 11.4. The molecule has 1 aromatic carbocycles. The molecule has 2 rings (SSSR count). The largest absolute Gasteiger partial charge is 0.326 e. The van der Waals surface area contributed by atoms with Crippen molar-refractivity contribution < 1.29 is 4.79 Å². The second-order valence-corrected chi connectivity index (χ2v) is 4.90. The molecule has 0 aliphatic heterocycles. The number of halogens is 1. The summed E-state index contributed by atoms with van der Waals surface area (Å²) in [6, 6.07) is 7.68. The van der Waals surface area contributed by atoms with E-state index in [1.165, 1.54) is 0 Å². The highest BCUT2D eigenvalue weighted by Gasteiger charge is 2.18. The summed E-state index contributed by atoms with van der Waals surface area (Å²) in [7, 11) is 0. The summed E-state index contributed by atoms with van der Waals surface area (Å²) in [4.78, 5) is 11.9. The number of nitrogens with one attached hydrogen (secondary N) is 1. The summed E-state index contributed by atoms with van der Waals surface area (Å²) >= 11 is 3.39. The van der Waals surface area contributed by atoms with Gasteiger partial charge in [0.2, 0.25) is 5.91 Å². The van der Waals surface area contributed by atoms with E-state index in [0.29, 0.717) is 0 Å². The topological polar surface area (TPSA) is 29.1 Å². The third-order valence-electron chi connectivity index (χ3n) is 2.73. The molecule has 0 unspecified atom stereocenters. The van der Waals surface area contributed by atoms with Crippen LogP contribution in [0.25, 0.3) is 0 Å². The van der Waals surface area contributed by atoms with Crippen molar-refractivity contribution in [2.45, 2.75) is 19.3 Å². The fourth-order valence-electron chi connectivity index (χ4n) is 1.84. The highest BCUT2D eigenvalue weighted by Crippen LogP contribution is 2.21. The molecule has 84 valence electrons. The lowest BCUT2D eigenvalue weighted by Crippen LogP contribution is -2.23. The average Bonchev–Trinajstić information content (AvgIpc) is 2.30. The van der Waals surface area contributed by atoms with Crippen LogP contribution in [0.4, 0.5) is 5.69 Å². The van der Waals surface area contributed by atoms with Gasteiger partial charge in [0.1, 0.15) is 0 Å². The van der Waals surface area contributed by atoms with Gasteiger partial charge in [-0.1, -0.05) is 34.1 Å². The first-order chi connectivity index (χ1) is 7.75. The van der Waals surface area contributed by atoms with E-state index < -0.39 is 0 Å². The first kappa shape index (κ1) is 11.4. The number of carbonyl (C=O) groups is 1. The first-order valence-corrected chi connectivity index (χ1v) is 6.26. The molecular formula is C13H14BrNO. The Morgan fingerprint density at radius 1 is 1.38 bits per heavy atom. The van der Waals surface area contributed by atoms with Crippen LogP contribution in [-0.4, -0.2) is 5.91 Å². The molecular weight excluding hydrogens is 266 g/mol. The molecule has 0 saturated carbocycles. The van der Waals surface area contributed by atoms with Gasteiger partial charge in [0.25, 0.3) is 0 Å². The highest BCUT2D eigenvalue weighted by molar-refractivity contribution is 9.10. The Labute approximate surface area is 104 Å². The molecule has 16 heavy (non-hydrogen) atoms. The van der Waals surface area contributed by atoms with Crippen LogP contribution >= 0.6 is 15.9 Å². The summed E-state index contributed by atoms with van der Waals surface area (Å²) in [6.45, 7) is 0. The van der Waals surface area contributed by atoms with Crippen LogP contribution in [-0.2, 0) is 4.79 Å². The van der Waals surface area contributed by atoms with Crippen molar-refractivity contribution >= 4 is 27.5 Å². The van der Waals surface area contributed by atoms with E-state index in [9.17, 15) is 4.79 Å². The molecule has 0 aromatic heterocycles. The van der Waals surface area contributed by atoms with Crippen molar-refractivity contribution in [1.82, 2.24) is 0 Å². The van der Waals surface area contributed by atoms with Crippen molar-refractivity contribution in [1.29, 1.82) is 0 Å². The molecule has 1 N–H and O–H groups in total. The smallest absolute Gasteiger partial charge is 0.227 e. The van der Waals surface area contributed by atoms with Gasteiger partial charge in [0.05, 0.1) is 0 Å². The summed E-state index contributed by atoms with van der Waals surface area (Å²) in [5, 5.41) is 2.95. The average molecular weight is 280 g/mol. The van der Waals surface area contributed by atoms with E-state index in [2.05, 4.69) is 33.4 Å².